The van der Waals surface area contributed by atoms with Crippen molar-refractivity contribution in [2.45, 2.75) is 38.1 Å². The van der Waals surface area contributed by atoms with Gasteiger partial charge in [-0.2, -0.15) is 4.31 Å². The summed E-state index contributed by atoms with van der Waals surface area (Å²) in [6, 6.07) is 0.0830. The van der Waals surface area contributed by atoms with E-state index in [1.807, 2.05) is 9.80 Å². The fourth-order valence-corrected chi connectivity index (χ4v) is 5.68. The zero-order chi connectivity index (χ0) is 17.4. The molecule has 3 aliphatic rings. The summed E-state index contributed by atoms with van der Waals surface area (Å²) in [4.78, 5) is 16.4. The highest BCUT2D eigenvalue weighted by Gasteiger charge is 2.49. The van der Waals surface area contributed by atoms with E-state index in [2.05, 4.69) is 0 Å². The smallest absolute Gasteiger partial charge is 0.319 e. The predicted molar refractivity (Wildman–Crippen MR) is 91.3 cm³/mol. The van der Waals surface area contributed by atoms with E-state index in [0.717, 1.165) is 58.3 Å². The molecule has 0 aromatic carbocycles. The number of urea groups is 1. The van der Waals surface area contributed by atoms with Crippen LogP contribution in [0, 0.1) is 5.41 Å². The summed E-state index contributed by atoms with van der Waals surface area (Å²) < 4.78 is 31.0. The van der Waals surface area contributed by atoms with Crippen LogP contribution in [0.2, 0.25) is 0 Å². The van der Waals surface area contributed by atoms with Crippen molar-refractivity contribution >= 4 is 16.1 Å². The summed E-state index contributed by atoms with van der Waals surface area (Å²) in [6.07, 6.45) is 6.06. The molecule has 3 heterocycles. The van der Waals surface area contributed by atoms with Crippen LogP contribution < -0.4 is 0 Å². The molecule has 138 valence electrons. The van der Waals surface area contributed by atoms with Gasteiger partial charge in [0.1, 0.15) is 0 Å². The Kier molecular flexibility index (Phi) is 5.09. The lowest BCUT2D eigenvalue weighted by atomic mass is 9.76. The van der Waals surface area contributed by atoms with E-state index in [-0.39, 0.29) is 17.5 Å². The van der Waals surface area contributed by atoms with Crippen molar-refractivity contribution in [3.05, 3.63) is 0 Å². The molecule has 1 spiro atoms. The number of ether oxygens (including phenoxy) is 1. The summed E-state index contributed by atoms with van der Waals surface area (Å²) in [5, 5.41) is 0. The largest absolute Gasteiger partial charge is 0.383 e. The summed E-state index contributed by atoms with van der Waals surface area (Å²) >= 11 is 0. The second-order valence-corrected chi connectivity index (χ2v) is 9.52. The van der Waals surface area contributed by atoms with Gasteiger partial charge in [-0.3, -0.25) is 0 Å². The van der Waals surface area contributed by atoms with Gasteiger partial charge in [0.2, 0.25) is 10.0 Å². The average molecular weight is 359 g/mol. The number of rotatable bonds is 3. The predicted octanol–water partition coefficient (Wildman–Crippen LogP) is 0.965. The van der Waals surface area contributed by atoms with E-state index < -0.39 is 10.0 Å². The van der Waals surface area contributed by atoms with Gasteiger partial charge in [0.05, 0.1) is 12.9 Å². The van der Waals surface area contributed by atoms with Crippen LogP contribution >= 0.6 is 0 Å². The Balaban J connectivity index is 1.63. The molecule has 0 radical (unpaired) electrons. The van der Waals surface area contributed by atoms with Crippen LogP contribution in [0.3, 0.4) is 0 Å². The minimum absolute atomic E-state index is 0.00589. The molecule has 3 rings (SSSR count). The second-order valence-electron chi connectivity index (χ2n) is 7.59. The second kappa shape index (κ2) is 6.80. The van der Waals surface area contributed by atoms with Crippen molar-refractivity contribution in [2.24, 2.45) is 5.41 Å². The molecule has 3 saturated heterocycles. The summed E-state index contributed by atoms with van der Waals surface area (Å²) in [5.41, 5.74) is -0.00589. The van der Waals surface area contributed by atoms with Gasteiger partial charge in [0.15, 0.2) is 0 Å². The van der Waals surface area contributed by atoms with Crippen LogP contribution in [0.4, 0.5) is 4.79 Å². The fraction of sp³-hybridized carbons (Fsp3) is 0.938. The first-order valence-corrected chi connectivity index (χ1v) is 10.7. The Bertz CT molecular complexity index is 566. The van der Waals surface area contributed by atoms with Gasteiger partial charge in [0, 0.05) is 45.9 Å². The highest BCUT2D eigenvalue weighted by Crippen LogP contribution is 2.44. The number of carbonyl (C=O) groups is 1. The van der Waals surface area contributed by atoms with Crippen LogP contribution in [0.5, 0.6) is 0 Å². The molecule has 1 atom stereocenters. The standard InChI is InChI=1S/C16H29N3O4S/c1-23-12-14-11-16(13-19(14)24(2,21)22)5-9-18(10-6-16)15(20)17-7-3-4-8-17/h14H,3-13H2,1-2H3. The first-order valence-electron chi connectivity index (χ1n) is 8.84. The van der Waals surface area contributed by atoms with Crippen molar-refractivity contribution in [3.63, 3.8) is 0 Å². The molecule has 3 fully saturated rings. The summed E-state index contributed by atoms with van der Waals surface area (Å²) in [7, 11) is -1.61. The van der Waals surface area contributed by atoms with Crippen LogP contribution in [0.25, 0.3) is 0 Å². The number of hydrogen-bond donors (Lipinski definition) is 0. The number of hydrogen-bond acceptors (Lipinski definition) is 4. The molecule has 0 aromatic rings. The molecule has 0 N–H and O–H groups in total. The van der Waals surface area contributed by atoms with E-state index >= 15 is 0 Å². The van der Waals surface area contributed by atoms with Crippen LogP contribution in [-0.2, 0) is 14.8 Å². The monoisotopic (exact) mass is 359 g/mol. The highest BCUT2D eigenvalue weighted by atomic mass is 32.2. The van der Waals surface area contributed by atoms with Gasteiger partial charge >= 0.3 is 6.03 Å². The lowest BCUT2D eigenvalue weighted by Gasteiger charge is -2.40. The van der Waals surface area contributed by atoms with E-state index in [1.165, 1.54) is 6.26 Å². The van der Waals surface area contributed by atoms with Crippen molar-refractivity contribution < 1.29 is 17.9 Å². The topological polar surface area (TPSA) is 70.2 Å². The van der Waals surface area contributed by atoms with Gasteiger partial charge in [-0.1, -0.05) is 0 Å². The molecule has 3 aliphatic heterocycles. The molecule has 2 amide bonds. The normalized spacial score (nSPS) is 28.0. The van der Waals surface area contributed by atoms with Crippen LogP contribution in [-0.4, -0.2) is 87.3 Å². The Labute approximate surface area is 145 Å². The number of likely N-dealkylation sites (tertiary alicyclic amines) is 2. The molecule has 0 saturated carbocycles. The third-order valence-corrected chi connectivity index (χ3v) is 7.10. The number of nitrogens with zero attached hydrogens (tertiary/aromatic N) is 3. The van der Waals surface area contributed by atoms with E-state index in [0.29, 0.717) is 13.2 Å². The van der Waals surface area contributed by atoms with Gasteiger partial charge in [-0.05, 0) is 37.5 Å². The summed E-state index contributed by atoms with van der Waals surface area (Å²) in [5.74, 6) is 0. The third kappa shape index (κ3) is 3.55. The average Bonchev–Trinajstić information content (AvgIpc) is 3.16. The highest BCUT2D eigenvalue weighted by molar-refractivity contribution is 7.88. The lowest BCUT2D eigenvalue weighted by Crippen LogP contribution is -2.49. The number of sulfonamides is 1. The van der Waals surface area contributed by atoms with E-state index in [1.54, 1.807) is 11.4 Å². The maximum absolute atomic E-state index is 12.5. The Hall–Kier alpha value is -0.860. The number of piperidine rings is 1. The van der Waals surface area contributed by atoms with Crippen molar-refractivity contribution in [3.8, 4) is 0 Å². The minimum atomic E-state index is -3.23. The van der Waals surface area contributed by atoms with Crippen molar-refractivity contribution in [2.75, 3.05) is 52.7 Å². The van der Waals surface area contributed by atoms with E-state index in [9.17, 15) is 13.2 Å². The SMILES string of the molecule is COCC1CC2(CCN(C(=O)N3CCCC3)CC2)CN1S(C)(=O)=O. The van der Waals surface area contributed by atoms with Gasteiger partial charge in [0.25, 0.3) is 0 Å². The molecule has 1 unspecified atom stereocenters. The van der Waals surface area contributed by atoms with Gasteiger partial charge in [-0.25, -0.2) is 13.2 Å². The fourth-order valence-electron chi connectivity index (χ4n) is 4.49. The Morgan fingerprint density at radius 2 is 1.71 bits per heavy atom. The minimum Gasteiger partial charge on any atom is -0.383 e. The zero-order valence-corrected chi connectivity index (χ0v) is 15.6. The molecule has 8 heteroatoms. The molecule has 0 aromatic heterocycles. The van der Waals surface area contributed by atoms with E-state index in [4.69, 9.17) is 4.74 Å². The molecule has 0 aliphatic carbocycles. The van der Waals surface area contributed by atoms with Crippen molar-refractivity contribution in [1.82, 2.24) is 14.1 Å². The molecule has 7 nitrogen and oxygen atoms in total. The number of amides is 2. The quantitative estimate of drug-likeness (QED) is 0.753. The van der Waals surface area contributed by atoms with Crippen LogP contribution in [0.1, 0.15) is 32.1 Å². The first kappa shape index (κ1) is 17.9. The zero-order valence-electron chi connectivity index (χ0n) is 14.7. The van der Waals surface area contributed by atoms with Crippen LogP contribution in [0.15, 0.2) is 0 Å². The number of carbonyl (C=O) groups excluding carboxylic acids is 1. The lowest BCUT2D eigenvalue weighted by molar-refractivity contribution is 0.104. The summed E-state index contributed by atoms with van der Waals surface area (Å²) in [6.45, 7) is 4.20. The molecular formula is C16H29N3O4S. The maximum Gasteiger partial charge on any atom is 0.319 e. The van der Waals surface area contributed by atoms with Crippen molar-refractivity contribution in [1.29, 1.82) is 0 Å². The van der Waals surface area contributed by atoms with Gasteiger partial charge in [-0.15, -0.1) is 0 Å². The molecular weight excluding hydrogens is 330 g/mol. The molecule has 0 bridgehead atoms. The first-order chi connectivity index (χ1) is 11.3. The van der Waals surface area contributed by atoms with Gasteiger partial charge < -0.3 is 14.5 Å². The Morgan fingerprint density at radius 1 is 1.12 bits per heavy atom. The molecule has 24 heavy (non-hydrogen) atoms. The Morgan fingerprint density at radius 3 is 2.25 bits per heavy atom. The number of methoxy groups -OCH3 is 1. The maximum atomic E-state index is 12.5. The third-order valence-electron chi connectivity index (χ3n) is 5.82.